The molecular formula is C20H35N5O. The molecule has 1 amide bonds. The number of hydrogen-bond donors (Lipinski definition) is 2. The first-order valence-electron chi connectivity index (χ1n) is 9.61. The molecule has 0 aromatic carbocycles. The number of rotatable bonds is 10. The number of nitrogens with one attached hydrogen (secondary N) is 2. The normalized spacial score (nSPS) is 12.8. The predicted molar refractivity (Wildman–Crippen MR) is 108 cm³/mol. The summed E-state index contributed by atoms with van der Waals surface area (Å²) in [6.45, 7) is 10.2. The minimum Gasteiger partial charge on any atom is -0.357 e. The predicted octanol–water partition coefficient (Wildman–Crippen LogP) is 2.46. The van der Waals surface area contributed by atoms with Crippen molar-refractivity contribution in [2.75, 3.05) is 26.7 Å². The topological polar surface area (TPSA) is 69.6 Å². The summed E-state index contributed by atoms with van der Waals surface area (Å²) in [4.78, 5) is 22.8. The molecule has 1 unspecified atom stereocenters. The van der Waals surface area contributed by atoms with E-state index in [4.69, 9.17) is 0 Å². The van der Waals surface area contributed by atoms with Crippen molar-refractivity contribution in [2.24, 2.45) is 10.9 Å². The highest BCUT2D eigenvalue weighted by Crippen LogP contribution is 2.06. The Morgan fingerprint density at radius 2 is 2.04 bits per heavy atom. The Kier molecular flexibility index (Phi) is 10.4. The van der Waals surface area contributed by atoms with Crippen molar-refractivity contribution in [3.8, 4) is 0 Å². The summed E-state index contributed by atoms with van der Waals surface area (Å²) >= 11 is 0. The van der Waals surface area contributed by atoms with Crippen molar-refractivity contribution < 1.29 is 4.79 Å². The summed E-state index contributed by atoms with van der Waals surface area (Å²) in [7, 11) is 1.81. The molecule has 0 aliphatic carbocycles. The Morgan fingerprint density at radius 3 is 2.65 bits per heavy atom. The van der Waals surface area contributed by atoms with Gasteiger partial charge in [0, 0.05) is 44.5 Å². The van der Waals surface area contributed by atoms with Gasteiger partial charge >= 0.3 is 0 Å². The number of amides is 1. The first-order valence-corrected chi connectivity index (χ1v) is 9.61. The number of pyridine rings is 1. The fourth-order valence-electron chi connectivity index (χ4n) is 2.43. The molecule has 0 saturated heterocycles. The molecule has 1 aromatic rings. The molecule has 146 valence electrons. The van der Waals surface area contributed by atoms with Gasteiger partial charge in [-0.1, -0.05) is 19.9 Å². The second-order valence-electron chi connectivity index (χ2n) is 7.10. The van der Waals surface area contributed by atoms with Crippen molar-refractivity contribution in [2.45, 2.75) is 53.0 Å². The van der Waals surface area contributed by atoms with E-state index >= 15 is 0 Å². The van der Waals surface area contributed by atoms with Crippen LogP contribution in [-0.2, 0) is 11.2 Å². The molecule has 1 rings (SSSR count). The van der Waals surface area contributed by atoms with Crippen molar-refractivity contribution in [1.82, 2.24) is 20.5 Å². The molecule has 0 fully saturated rings. The molecule has 26 heavy (non-hydrogen) atoms. The van der Waals surface area contributed by atoms with E-state index in [1.807, 2.05) is 32.2 Å². The summed E-state index contributed by atoms with van der Waals surface area (Å²) < 4.78 is 0. The van der Waals surface area contributed by atoms with Gasteiger partial charge in [0.25, 0.3) is 0 Å². The van der Waals surface area contributed by atoms with Gasteiger partial charge in [-0.3, -0.25) is 9.78 Å². The van der Waals surface area contributed by atoms with E-state index in [2.05, 4.69) is 41.4 Å². The number of carbonyl (C=O) groups excluding carboxylic acids is 1. The van der Waals surface area contributed by atoms with Crippen molar-refractivity contribution in [1.29, 1.82) is 0 Å². The molecule has 1 atom stereocenters. The van der Waals surface area contributed by atoms with Gasteiger partial charge < -0.3 is 15.5 Å². The lowest BCUT2D eigenvalue weighted by Crippen LogP contribution is -2.43. The van der Waals surface area contributed by atoms with Gasteiger partial charge in [-0.25, -0.2) is 4.99 Å². The van der Waals surface area contributed by atoms with Crippen LogP contribution >= 0.6 is 0 Å². The molecule has 0 radical (unpaired) electrons. The second kappa shape index (κ2) is 12.3. The maximum absolute atomic E-state index is 12.3. The number of nitrogens with zero attached hydrogens (tertiary/aromatic N) is 3. The quantitative estimate of drug-likeness (QED) is 0.496. The van der Waals surface area contributed by atoms with E-state index in [9.17, 15) is 4.79 Å². The minimum atomic E-state index is 0.00738. The molecule has 0 bridgehead atoms. The lowest BCUT2D eigenvalue weighted by molar-refractivity contribution is -0.128. The maximum atomic E-state index is 12.3. The first kappa shape index (κ1) is 21.9. The van der Waals surface area contributed by atoms with Gasteiger partial charge in [-0.05, 0) is 44.7 Å². The third-order valence-corrected chi connectivity index (χ3v) is 4.13. The van der Waals surface area contributed by atoms with Crippen LogP contribution in [0, 0.1) is 5.92 Å². The average molecular weight is 362 g/mol. The molecule has 6 heteroatoms. The summed E-state index contributed by atoms with van der Waals surface area (Å²) in [5.41, 5.74) is 0.990. The number of aromatic nitrogens is 1. The second-order valence-corrected chi connectivity index (χ2v) is 7.10. The largest absolute Gasteiger partial charge is 0.357 e. The first-order chi connectivity index (χ1) is 12.4. The van der Waals surface area contributed by atoms with Gasteiger partial charge in [0.1, 0.15) is 6.54 Å². The van der Waals surface area contributed by atoms with Crippen LogP contribution in [0.2, 0.25) is 0 Å². The molecule has 2 N–H and O–H groups in total. The Bertz CT molecular complexity index is 544. The van der Waals surface area contributed by atoms with E-state index in [1.54, 1.807) is 11.1 Å². The van der Waals surface area contributed by atoms with E-state index < -0.39 is 0 Å². The summed E-state index contributed by atoms with van der Waals surface area (Å²) in [5.74, 6) is 1.40. The number of carbonyl (C=O) groups is 1. The Hall–Kier alpha value is -2.11. The van der Waals surface area contributed by atoms with Crippen LogP contribution in [0.5, 0.6) is 0 Å². The molecule has 6 nitrogen and oxygen atoms in total. The van der Waals surface area contributed by atoms with Crippen LogP contribution in [0.4, 0.5) is 0 Å². The monoisotopic (exact) mass is 361 g/mol. The van der Waals surface area contributed by atoms with Crippen molar-refractivity contribution in [3.63, 3.8) is 0 Å². The average Bonchev–Trinajstić information content (AvgIpc) is 2.63. The number of hydrogen-bond acceptors (Lipinski definition) is 3. The Morgan fingerprint density at radius 1 is 1.27 bits per heavy atom. The SMILES string of the molecule is CCNC(=NCC(=O)N(C)CCc1ccccn1)NC(C)CCC(C)C. The number of guanidine groups is 1. The van der Waals surface area contributed by atoms with Crippen molar-refractivity contribution in [3.05, 3.63) is 30.1 Å². The lowest BCUT2D eigenvalue weighted by atomic mass is 10.0. The number of aliphatic imine (C=N–C) groups is 1. The molecule has 1 heterocycles. The number of likely N-dealkylation sites (N-methyl/N-ethyl adjacent to an activating group) is 1. The van der Waals surface area contributed by atoms with Crippen LogP contribution < -0.4 is 10.6 Å². The van der Waals surface area contributed by atoms with Crippen LogP contribution in [-0.4, -0.2) is 54.5 Å². The highest BCUT2D eigenvalue weighted by atomic mass is 16.2. The highest BCUT2D eigenvalue weighted by molar-refractivity contribution is 5.85. The smallest absolute Gasteiger partial charge is 0.244 e. The molecule has 1 aromatic heterocycles. The summed E-state index contributed by atoms with van der Waals surface area (Å²) in [5, 5.41) is 6.59. The third-order valence-electron chi connectivity index (χ3n) is 4.13. The highest BCUT2D eigenvalue weighted by Gasteiger charge is 2.10. The zero-order valence-corrected chi connectivity index (χ0v) is 17.0. The Balaban J connectivity index is 2.46. The van der Waals surface area contributed by atoms with E-state index in [0.717, 1.165) is 25.1 Å². The molecule has 0 aliphatic rings. The molecular weight excluding hydrogens is 326 g/mol. The standard InChI is InChI=1S/C20H35N5O/c1-6-21-20(24-17(4)11-10-16(2)3)23-15-19(26)25(5)14-12-18-9-7-8-13-22-18/h7-9,13,16-17H,6,10-12,14-15H2,1-5H3,(H2,21,23,24). The van der Waals surface area contributed by atoms with Crippen LogP contribution in [0.1, 0.15) is 46.2 Å². The zero-order chi connectivity index (χ0) is 19.4. The summed E-state index contributed by atoms with van der Waals surface area (Å²) in [6.07, 6.45) is 4.77. The zero-order valence-electron chi connectivity index (χ0n) is 17.0. The van der Waals surface area contributed by atoms with E-state index in [-0.39, 0.29) is 12.5 Å². The van der Waals surface area contributed by atoms with Gasteiger partial charge in [0.15, 0.2) is 5.96 Å². The Labute approximate surface area is 158 Å². The van der Waals surface area contributed by atoms with E-state index in [0.29, 0.717) is 24.5 Å². The fraction of sp³-hybridized carbons (Fsp3) is 0.650. The van der Waals surface area contributed by atoms with Crippen molar-refractivity contribution >= 4 is 11.9 Å². The van der Waals surface area contributed by atoms with Gasteiger partial charge in [-0.15, -0.1) is 0 Å². The van der Waals surface area contributed by atoms with Gasteiger partial charge in [0.05, 0.1) is 0 Å². The molecule has 0 saturated carbocycles. The summed E-state index contributed by atoms with van der Waals surface area (Å²) in [6, 6.07) is 6.16. The van der Waals surface area contributed by atoms with Gasteiger partial charge in [0.2, 0.25) is 5.91 Å². The van der Waals surface area contributed by atoms with Crippen LogP contribution in [0.3, 0.4) is 0 Å². The maximum Gasteiger partial charge on any atom is 0.244 e. The van der Waals surface area contributed by atoms with Crippen LogP contribution in [0.25, 0.3) is 0 Å². The minimum absolute atomic E-state index is 0.00738. The van der Waals surface area contributed by atoms with E-state index in [1.165, 1.54) is 6.42 Å². The molecule has 0 spiro atoms. The van der Waals surface area contributed by atoms with Gasteiger partial charge in [-0.2, -0.15) is 0 Å². The lowest BCUT2D eigenvalue weighted by Gasteiger charge is -2.19. The third kappa shape index (κ3) is 9.39. The van der Waals surface area contributed by atoms with Crippen LogP contribution in [0.15, 0.2) is 29.4 Å². The fourth-order valence-corrected chi connectivity index (χ4v) is 2.43. The molecule has 0 aliphatic heterocycles.